The topological polar surface area (TPSA) is 57.7 Å². The number of amides is 1. The molecule has 0 spiro atoms. The molecule has 2 aliphatic rings. The second-order valence-electron chi connectivity index (χ2n) is 10.4. The number of carbonyl (C=O) groups is 1. The average molecular weight is 499 g/mol. The Kier molecular flexibility index (Phi) is 8.49. The molecule has 3 aromatic rings. The Hall–Kier alpha value is -3.22. The molecule has 5 rings (SSSR count). The number of nitrogens with zero attached hydrogens (tertiary/aromatic N) is 3. The van der Waals surface area contributed by atoms with Crippen molar-refractivity contribution in [3.63, 3.8) is 0 Å². The molecular weight excluding hydrogens is 460 g/mol. The van der Waals surface area contributed by atoms with E-state index in [1.807, 2.05) is 43.5 Å². The van der Waals surface area contributed by atoms with Crippen LogP contribution in [0.5, 0.6) is 5.75 Å². The van der Waals surface area contributed by atoms with E-state index in [-0.39, 0.29) is 18.1 Å². The molecule has 2 saturated heterocycles. The lowest BCUT2D eigenvalue weighted by Gasteiger charge is -2.32. The third kappa shape index (κ3) is 7.18. The molecule has 2 aromatic carbocycles. The van der Waals surface area contributed by atoms with Crippen molar-refractivity contribution in [3.8, 4) is 5.75 Å². The minimum absolute atomic E-state index is 0.0130. The maximum atomic E-state index is 12.9. The predicted octanol–water partition coefficient (Wildman–Crippen LogP) is 4.83. The van der Waals surface area contributed by atoms with E-state index in [9.17, 15) is 4.79 Å². The van der Waals surface area contributed by atoms with Gasteiger partial charge in [-0.25, -0.2) is 0 Å². The lowest BCUT2D eigenvalue weighted by Crippen LogP contribution is -2.44. The van der Waals surface area contributed by atoms with Crippen LogP contribution < -0.4 is 10.1 Å². The van der Waals surface area contributed by atoms with Gasteiger partial charge in [-0.2, -0.15) is 0 Å². The first kappa shape index (κ1) is 25.4. The number of aryl methyl sites for hydroxylation is 1. The van der Waals surface area contributed by atoms with Crippen molar-refractivity contribution in [1.82, 2.24) is 20.1 Å². The van der Waals surface area contributed by atoms with Crippen LogP contribution in [0.1, 0.15) is 52.9 Å². The molecule has 0 atom stereocenters. The number of likely N-dealkylation sites (tertiary alicyclic amines) is 2. The van der Waals surface area contributed by atoms with Crippen molar-refractivity contribution in [2.24, 2.45) is 0 Å². The fourth-order valence-corrected chi connectivity index (χ4v) is 5.35. The van der Waals surface area contributed by atoms with Gasteiger partial charge in [-0.3, -0.25) is 19.6 Å². The Morgan fingerprint density at radius 1 is 0.892 bits per heavy atom. The molecule has 0 bridgehead atoms. The maximum Gasteiger partial charge on any atom is 0.251 e. The van der Waals surface area contributed by atoms with Gasteiger partial charge in [0.15, 0.2) is 0 Å². The lowest BCUT2D eigenvalue weighted by atomic mass is 10.0. The number of hydrogen-bond donors (Lipinski definition) is 1. The zero-order chi connectivity index (χ0) is 25.5. The Labute approximate surface area is 220 Å². The molecule has 6 nitrogen and oxygen atoms in total. The van der Waals surface area contributed by atoms with Gasteiger partial charge in [0.05, 0.1) is 5.69 Å². The Morgan fingerprint density at radius 2 is 1.59 bits per heavy atom. The monoisotopic (exact) mass is 498 g/mol. The molecule has 1 aromatic heterocycles. The van der Waals surface area contributed by atoms with Gasteiger partial charge in [-0.1, -0.05) is 36.4 Å². The summed E-state index contributed by atoms with van der Waals surface area (Å²) < 4.78 is 6.35. The second-order valence-corrected chi connectivity index (χ2v) is 10.4. The molecule has 1 amide bonds. The summed E-state index contributed by atoms with van der Waals surface area (Å²) in [4.78, 5) is 22.3. The standard InChI is InChI=1S/C31H38N4O2/c1-24-21-26(31(36)33-27-12-17-34(18-13-27)22-25-7-3-2-4-8-25)10-11-30(24)37-29-14-19-35(20-15-29)23-28-9-5-6-16-32-28/h2-11,16,21,27,29H,12-15,17-20,22-23H2,1H3,(H,33,36). The first-order valence-electron chi connectivity index (χ1n) is 13.6. The molecule has 1 N–H and O–H groups in total. The van der Waals surface area contributed by atoms with E-state index in [1.54, 1.807) is 0 Å². The molecule has 194 valence electrons. The van der Waals surface area contributed by atoms with E-state index >= 15 is 0 Å². The number of nitrogens with one attached hydrogen (secondary N) is 1. The van der Waals surface area contributed by atoms with Gasteiger partial charge in [0.25, 0.3) is 5.91 Å². The van der Waals surface area contributed by atoms with Gasteiger partial charge >= 0.3 is 0 Å². The van der Waals surface area contributed by atoms with Crippen molar-refractivity contribution in [1.29, 1.82) is 0 Å². The van der Waals surface area contributed by atoms with E-state index in [4.69, 9.17) is 4.74 Å². The van der Waals surface area contributed by atoms with Crippen LogP contribution in [0.3, 0.4) is 0 Å². The molecule has 37 heavy (non-hydrogen) atoms. The summed E-state index contributed by atoms with van der Waals surface area (Å²) in [6.07, 6.45) is 6.03. The quantitative estimate of drug-likeness (QED) is 0.482. The first-order chi connectivity index (χ1) is 18.1. The van der Waals surface area contributed by atoms with Gasteiger partial charge < -0.3 is 10.1 Å². The van der Waals surface area contributed by atoms with Crippen LogP contribution in [-0.2, 0) is 13.1 Å². The number of pyridine rings is 1. The summed E-state index contributed by atoms with van der Waals surface area (Å²) >= 11 is 0. The van der Waals surface area contributed by atoms with Crippen molar-refractivity contribution < 1.29 is 9.53 Å². The van der Waals surface area contributed by atoms with Crippen LogP contribution in [0, 0.1) is 6.92 Å². The highest BCUT2D eigenvalue weighted by atomic mass is 16.5. The van der Waals surface area contributed by atoms with E-state index in [2.05, 4.69) is 56.5 Å². The summed E-state index contributed by atoms with van der Waals surface area (Å²) in [7, 11) is 0. The molecule has 0 aliphatic carbocycles. The SMILES string of the molecule is Cc1cc(C(=O)NC2CCN(Cc3ccccc3)CC2)ccc1OC1CCN(Cc2ccccn2)CC1. The van der Waals surface area contributed by atoms with Crippen molar-refractivity contribution >= 4 is 5.91 Å². The van der Waals surface area contributed by atoms with Gasteiger partial charge in [0.2, 0.25) is 0 Å². The van der Waals surface area contributed by atoms with Crippen molar-refractivity contribution in [2.75, 3.05) is 26.2 Å². The molecule has 6 heteroatoms. The Balaban J connectivity index is 1.06. The molecular formula is C31H38N4O2. The summed E-state index contributed by atoms with van der Waals surface area (Å²) in [6, 6.07) is 22.7. The van der Waals surface area contributed by atoms with Gasteiger partial charge in [0, 0.05) is 57.1 Å². The number of ether oxygens (including phenoxy) is 1. The molecule has 0 radical (unpaired) electrons. The van der Waals surface area contributed by atoms with Gasteiger partial charge in [-0.15, -0.1) is 0 Å². The Morgan fingerprint density at radius 3 is 2.30 bits per heavy atom. The zero-order valence-electron chi connectivity index (χ0n) is 21.8. The van der Waals surface area contributed by atoms with Crippen molar-refractivity contribution in [3.05, 3.63) is 95.3 Å². The fraction of sp³-hybridized carbons (Fsp3) is 0.419. The van der Waals surface area contributed by atoms with E-state index < -0.39 is 0 Å². The van der Waals surface area contributed by atoms with E-state index in [0.29, 0.717) is 5.56 Å². The van der Waals surface area contributed by atoms with Gasteiger partial charge in [-0.05, 0) is 74.1 Å². The zero-order valence-corrected chi connectivity index (χ0v) is 21.8. The smallest absolute Gasteiger partial charge is 0.251 e. The minimum Gasteiger partial charge on any atom is -0.490 e. The highest BCUT2D eigenvalue weighted by Crippen LogP contribution is 2.25. The maximum absolute atomic E-state index is 12.9. The normalized spacial score (nSPS) is 18.0. The highest BCUT2D eigenvalue weighted by molar-refractivity contribution is 5.94. The van der Waals surface area contributed by atoms with Crippen LogP contribution in [-0.4, -0.2) is 59.0 Å². The first-order valence-corrected chi connectivity index (χ1v) is 13.6. The van der Waals surface area contributed by atoms with Crippen LogP contribution in [0.25, 0.3) is 0 Å². The van der Waals surface area contributed by atoms with Crippen LogP contribution >= 0.6 is 0 Å². The summed E-state index contributed by atoms with van der Waals surface area (Å²) in [5.41, 5.74) is 4.19. The Bertz CT molecular complexity index is 1140. The lowest BCUT2D eigenvalue weighted by molar-refractivity contribution is 0.0907. The predicted molar refractivity (Wildman–Crippen MR) is 147 cm³/mol. The number of aromatic nitrogens is 1. The number of benzene rings is 2. The van der Waals surface area contributed by atoms with E-state index in [0.717, 1.165) is 82.0 Å². The minimum atomic E-state index is 0.0130. The summed E-state index contributed by atoms with van der Waals surface area (Å²) in [6.45, 7) is 7.92. The van der Waals surface area contributed by atoms with Crippen LogP contribution in [0.15, 0.2) is 72.9 Å². The molecule has 2 fully saturated rings. The third-order valence-electron chi connectivity index (χ3n) is 7.55. The fourth-order valence-electron chi connectivity index (χ4n) is 5.35. The number of piperidine rings is 2. The number of carbonyl (C=O) groups excluding carboxylic acids is 1. The van der Waals surface area contributed by atoms with Crippen LogP contribution in [0.2, 0.25) is 0 Å². The average Bonchev–Trinajstić information content (AvgIpc) is 2.93. The van der Waals surface area contributed by atoms with Crippen molar-refractivity contribution in [2.45, 2.75) is 57.8 Å². The van der Waals surface area contributed by atoms with Gasteiger partial charge in [0.1, 0.15) is 11.9 Å². The summed E-state index contributed by atoms with van der Waals surface area (Å²) in [5.74, 6) is 0.896. The number of rotatable bonds is 8. The molecule has 0 saturated carbocycles. The highest BCUT2D eigenvalue weighted by Gasteiger charge is 2.23. The van der Waals surface area contributed by atoms with E-state index in [1.165, 1.54) is 5.56 Å². The molecule has 0 unspecified atom stereocenters. The molecule has 3 heterocycles. The largest absolute Gasteiger partial charge is 0.490 e. The third-order valence-corrected chi connectivity index (χ3v) is 7.55. The molecule has 2 aliphatic heterocycles. The number of hydrogen-bond acceptors (Lipinski definition) is 5. The second kappa shape index (κ2) is 12.3. The van der Waals surface area contributed by atoms with Crippen LogP contribution in [0.4, 0.5) is 0 Å². The summed E-state index contributed by atoms with van der Waals surface area (Å²) in [5, 5.41) is 3.26.